The van der Waals surface area contributed by atoms with Crippen LogP contribution in [-0.2, 0) is 4.74 Å². The van der Waals surface area contributed by atoms with Gasteiger partial charge in [-0.2, -0.15) is 0 Å². The fourth-order valence-electron chi connectivity index (χ4n) is 2.20. The Morgan fingerprint density at radius 3 is 2.67 bits per heavy atom. The summed E-state index contributed by atoms with van der Waals surface area (Å²) < 4.78 is 24.6. The van der Waals surface area contributed by atoms with Gasteiger partial charge in [-0.15, -0.1) is 0 Å². The summed E-state index contributed by atoms with van der Waals surface area (Å²) in [4.78, 5) is 2.06. The molecule has 0 saturated carbocycles. The van der Waals surface area contributed by atoms with Crippen molar-refractivity contribution in [1.82, 2.24) is 5.32 Å². The molecule has 0 aliphatic carbocycles. The maximum absolute atomic E-state index is 14.0. The molecule has 0 atom stereocenters. The summed E-state index contributed by atoms with van der Waals surface area (Å²) in [5, 5.41) is 3.25. The second-order valence-electron chi connectivity index (χ2n) is 4.63. The molecule has 5 heteroatoms. The van der Waals surface area contributed by atoms with Crippen molar-refractivity contribution in [2.45, 2.75) is 6.10 Å². The molecule has 1 N–H and O–H groups in total. The van der Waals surface area contributed by atoms with Gasteiger partial charge in [0.15, 0.2) is 0 Å². The highest BCUT2D eigenvalue weighted by molar-refractivity contribution is 5.51. The molecule has 0 spiro atoms. The number of piperazine rings is 1. The number of ether oxygens (including phenoxy) is 2. The number of halogens is 1. The van der Waals surface area contributed by atoms with E-state index in [1.165, 1.54) is 6.07 Å². The summed E-state index contributed by atoms with van der Waals surface area (Å²) in [5.74, 6) is 0.370. The molecule has 1 aromatic rings. The average molecular weight is 252 g/mol. The third kappa shape index (κ3) is 2.42. The Kier molecular flexibility index (Phi) is 3.34. The van der Waals surface area contributed by atoms with Crippen molar-refractivity contribution in [3.63, 3.8) is 0 Å². The first-order valence-electron chi connectivity index (χ1n) is 6.32. The molecular formula is C13H17FN2O2. The highest BCUT2D eigenvalue weighted by Gasteiger charge is 2.21. The quantitative estimate of drug-likeness (QED) is 0.870. The van der Waals surface area contributed by atoms with Crippen LogP contribution in [-0.4, -0.2) is 45.5 Å². The van der Waals surface area contributed by atoms with Crippen molar-refractivity contribution in [1.29, 1.82) is 0 Å². The van der Waals surface area contributed by atoms with E-state index in [4.69, 9.17) is 9.47 Å². The van der Waals surface area contributed by atoms with Gasteiger partial charge in [0, 0.05) is 32.2 Å². The minimum absolute atomic E-state index is 0.0782. The number of nitrogens with zero attached hydrogens (tertiary/aromatic N) is 1. The van der Waals surface area contributed by atoms with Gasteiger partial charge in [-0.05, 0) is 12.1 Å². The lowest BCUT2D eigenvalue weighted by Gasteiger charge is -2.30. The SMILES string of the molecule is Fc1cc(OC2COC2)ccc1N1CCNCC1. The van der Waals surface area contributed by atoms with Crippen molar-refractivity contribution < 1.29 is 13.9 Å². The van der Waals surface area contributed by atoms with Crippen molar-refractivity contribution in [2.75, 3.05) is 44.3 Å². The van der Waals surface area contributed by atoms with Gasteiger partial charge in [-0.1, -0.05) is 0 Å². The normalized spacial score (nSPS) is 20.6. The van der Waals surface area contributed by atoms with E-state index >= 15 is 0 Å². The van der Waals surface area contributed by atoms with Crippen molar-refractivity contribution in [3.05, 3.63) is 24.0 Å². The van der Waals surface area contributed by atoms with Crippen LogP contribution in [0.25, 0.3) is 0 Å². The molecule has 4 nitrogen and oxygen atoms in total. The first-order valence-corrected chi connectivity index (χ1v) is 6.32. The third-order valence-corrected chi connectivity index (χ3v) is 3.29. The highest BCUT2D eigenvalue weighted by atomic mass is 19.1. The van der Waals surface area contributed by atoms with E-state index in [2.05, 4.69) is 10.2 Å². The standard InChI is InChI=1S/C13H17FN2O2/c14-12-7-10(18-11-8-17-9-11)1-2-13(12)16-5-3-15-4-6-16/h1-2,7,11,15H,3-6,8-9H2. The molecule has 98 valence electrons. The molecule has 0 bridgehead atoms. The van der Waals surface area contributed by atoms with Crippen LogP contribution in [0.5, 0.6) is 5.75 Å². The van der Waals surface area contributed by atoms with E-state index in [1.54, 1.807) is 6.07 Å². The number of rotatable bonds is 3. The minimum atomic E-state index is -0.213. The maximum atomic E-state index is 14.0. The Balaban J connectivity index is 1.71. The van der Waals surface area contributed by atoms with Gasteiger partial charge < -0.3 is 19.7 Å². The summed E-state index contributed by atoms with van der Waals surface area (Å²) in [6.45, 7) is 4.68. The van der Waals surface area contributed by atoms with Crippen LogP contribution in [0.15, 0.2) is 18.2 Å². The van der Waals surface area contributed by atoms with Crippen molar-refractivity contribution >= 4 is 5.69 Å². The van der Waals surface area contributed by atoms with Crippen LogP contribution in [0.3, 0.4) is 0 Å². The zero-order valence-electron chi connectivity index (χ0n) is 10.2. The van der Waals surface area contributed by atoms with E-state index in [1.807, 2.05) is 6.07 Å². The fraction of sp³-hybridized carbons (Fsp3) is 0.538. The monoisotopic (exact) mass is 252 g/mol. The number of hydrogen-bond donors (Lipinski definition) is 1. The van der Waals surface area contributed by atoms with Gasteiger partial charge in [0.25, 0.3) is 0 Å². The summed E-state index contributed by atoms with van der Waals surface area (Å²) in [6.07, 6.45) is 0.0782. The third-order valence-electron chi connectivity index (χ3n) is 3.29. The summed E-state index contributed by atoms with van der Waals surface area (Å²) in [7, 11) is 0. The van der Waals surface area contributed by atoms with Crippen LogP contribution in [0.4, 0.5) is 10.1 Å². The van der Waals surface area contributed by atoms with Gasteiger partial charge in [0.1, 0.15) is 17.7 Å². The van der Waals surface area contributed by atoms with Gasteiger partial charge in [0.05, 0.1) is 18.9 Å². The van der Waals surface area contributed by atoms with Gasteiger partial charge in [-0.3, -0.25) is 0 Å². The van der Waals surface area contributed by atoms with Crippen molar-refractivity contribution in [3.8, 4) is 5.75 Å². The summed E-state index contributed by atoms with van der Waals surface area (Å²) in [5.41, 5.74) is 0.661. The molecule has 2 aliphatic heterocycles. The Labute approximate surface area is 106 Å². The lowest BCUT2D eigenvalue weighted by atomic mass is 10.2. The smallest absolute Gasteiger partial charge is 0.150 e. The Morgan fingerprint density at radius 1 is 1.28 bits per heavy atom. The molecular weight excluding hydrogens is 235 g/mol. The van der Waals surface area contributed by atoms with E-state index < -0.39 is 0 Å². The average Bonchev–Trinajstić information content (AvgIpc) is 2.35. The van der Waals surface area contributed by atoms with E-state index in [-0.39, 0.29) is 11.9 Å². The van der Waals surface area contributed by atoms with Crippen LogP contribution in [0, 0.1) is 5.82 Å². The summed E-state index contributed by atoms with van der Waals surface area (Å²) >= 11 is 0. The van der Waals surface area contributed by atoms with Crippen molar-refractivity contribution in [2.24, 2.45) is 0 Å². The molecule has 3 rings (SSSR count). The number of benzene rings is 1. The maximum Gasteiger partial charge on any atom is 0.150 e. The first kappa shape index (κ1) is 11.7. The Morgan fingerprint density at radius 2 is 2.06 bits per heavy atom. The molecule has 0 aromatic heterocycles. The molecule has 2 saturated heterocycles. The predicted octanol–water partition coefficient (Wildman–Crippen LogP) is 1.01. The lowest BCUT2D eigenvalue weighted by molar-refractivity contribution is -0.0797. The molecule has 0 unspecified atom stereocenters. The second kappa shape index (κ2) is 5.12. The fourth-order valence-corrected chi connectivity index (χ4v) is 2.20. The van der Waals surface area contributed by atoms with Gasteiger partial charge in [0.2, 0.25) is 0 Å². The van der Waals surface area contributed by atoms with E-state index in [0.717, 1.165) is 26.2 Å². The molecule has 1 aromatic carbocycles. The van der Waals surface area contributed by atoms with Crippen LogP contribution < -0.4 is 15.0 Å². The van der Waals surface area contributed by atoms with E-state index in [0.29, 0.717) is 24.7 Å². The largest absolute Gasteiger partial charge is 0.485 e. The minimum Gasteiger partial charge on any atom is -0.485 e. The number of anilines is 1. The molecule has 0 amide bonds. The number of hydrogen-bond acceptors (Lipinski definition) is 4. The Bertz CT molecular complexity index is 417. The van der Waals surface area contributed by atoms with Crippen LogP contribution in [0.2, 0.25) is 0 Å². The van der Waals surface area contributed by atoms with Gasteiger partial charge >= 0.3 is 0 Å². The number of nitrogens with one attached hydrogen (secondary N) is 1. The lowest BCUT2D eigenvalue weighted by Crippen LogP contribution is -2.43. The zero-order chi connectivity index (χ0) is 12.4. The topological polar surface area (TPSA) is 33.7 Å². The molecule has 2 heterocycles. The second-order valence-corrected chi connectivity index (χ2v) is 4.63. The molecule has 0 radical (unpaired) electrons. The first-order chi connectivity index (χ1) is 8.83. The molecule has 2 aliphatic rings. The molecule has 2 fully saturated rings. The highest BCUT2D eigenvalue weighted by Crippen LogP contribution is 2.25. The molecule has 18 heavy (non-hydrogen) atoms. The van der Waals surface area contributed by atoms with E-state index in [9.17, 15) is 4.39 Å². The zero-order valence-corrected chi connectivity index (χ0v) is 10.2. The summed E-state index contributed by atoms with van der Waals surface area (Å²) in [6, 6.07) is 5.10. The van der Waals surface area contributed by atoms with Crippen LogP contribution in [0.1, 0.15) is 0 Å². The Hall–Kier alpha value is -1.33. The predicted molar refractivity (Wildman–Crippen MR) is 66.7 cm³/mol. The van der Waals surface area contributed by atoms with Crippen LogP contribution >= 0.6 is 0 Å². The van der Waals surface area contributed by atoms with Gasteiger partial charge in [-0.25, -0.2) is 4.39 Å².